The molecule has 0 aromatic heterocycles. The number of benzene rings is 1. The molecule has 1 aliphatic heterocycles. The molecular weight excluding hydrogens is 360 g/mol. The predicted molar refractivity (Wildman–Crippen MR) is 103 cm³/mol. The van der Waals surface area contributed by atoms with Gasteiger partial charge in [-0.05, 0) is 36.5 Å². The van der Waals surface area contributed by atoms with Crippen molar-refractivity contribution in [2.45, 2.75) is 11.3 Å². The van der Waals surface area contributed by atoms with Gasteiger partial charge in [-0.25, -0.2) is 8.42 Å². The lowest BCUT2D eigenvalue weighted by atomic mass is 10.3. The van der Waals surface area contributed by atoms with Crippen LogP contribution in [0.5, 0.6) is 0 Å². The van der Waals surface area contributed by atoms with Gasteiger partial charge < -0.3 is 20.3 Å². The summed E-state index contributed by atoms with van der Waals surface area (Å²) >= 11 is 5.25. The van der Waals surface area contributed by atoms with Gasteiger partial charge in [-0.2, -0.15) is 4.31 Å². The molecule has 0 saturated carbocycles. The molecule has 1 fully saturated rings. The zero-order chi connectivity index (χ0) is 18.3. The number of hydrogen-bond donors (Lipinski definition) is 3. The van der Waals surface area contributed by atoms with E-state index in [4.69, 9.17) is 17.0 Å². The minimum absolute atomic E-state index is 0.285. The molecule has 1 aliphatic rings. The van der Waals surface area contributed by atoms with Gasteiger partial charge in [0.25, 0.3) is 0 Å². The molecule has 2 rings (SSSR count). The maximum absolute atomic E-state index is 12.6. The molecule has 0 spiro atoms. The van der Waals surface area contributed by atoms with Gasteiger partial charge in [-0.1, -0.05) is 0 Å². The zero-order valence-corrected chi connectivity index (χ0v) is 16.4. The summed E-state index contributed by atoms with van der Waals surface area (Å²) in [7, 11) is 0.770. The second-order valence-electron chi connectivity index (χ2n) is 6.23. The molecule has 0 aliphatic carbocycles. The molecule has 0 radical (unpaired) electrons. The number of nitrogens with zero attached hydrogens (tertiary/aromatic N) is 1. The quantitative estimate of drug-likeness (QED) is 0.434. The number of hydrogen-bond acceptors (Lipinski definition) is 4. The molecule has 0 bridgehead atoms. The van der Waals surface area contributed by atoms with Crippen molar-refractivity contribution in [1.29, 1.82) is 0 Å². The first kappa shape index (κ1) is 20.1. The van der Waals surface area contributed by atoms with E-state index < -0.39 is 10.0 Å². The van der Waals surface area contributed by atoms with Crippen molar-refractivity contribution in [2.24, 2.45) is 0 Å². The van der Waals surface area contributed by atoms with E-state index in [0.717, 1.165) is 25.2 Å². The third-order valence-electron chi connectivity index (χ3n) is 3.86. The van der Waals surface area contributed by atoms with E-state index in [-0.39, 0.29) is 4.90 Å². The molecule has 1 saturated heterocycles. The standard InChI is InChI=1S/C16H26N4O3S2/c1-19(2)9-3-8-17-16(24)18-14-4-6-15(7-5-14)25(21,22)20-10-12-23-13-11-20/h4-7H,3,8-13H2,1-2H3,(H2,17,18,24)/p+1. The highest BCUT2D eigenvalue weighted by atomic mass is 32.2. The first-order valence-corrected chi connectivity index (χ1v) is 10.3. The van der Waals surface area contributed by atoms with Crippen molar-refractivity contribution in [3.63, 3.8) is 0 Å². The molecular formula is C16H27N4O3S2+. The van der Waals surface area contributed by atoms with Crippen molar-refractivity contribution < 1.29 is 18.1 Å². The van der Waals surface area contributed by atoms with E-state index >= 15 is 0 Å². The molecule has 9 heteroatoms. The molecule has 25 heavy (non-hydrogen) atoms. The van der Waals surface area contributed by atoms with Gasteiger partial charge >= 0.3 is 0 Å². The first-order chi connectivity index (χ1) is 11.9. The summed E-state index contributed by atoms with van der Waals surface area (Å²) in [4.78, 5) is 1.69. The Bertz CT molecular complexity index is 656. The van der Waals surface area contributed by atoms with Crippen LogP contribution in [0.25, 0.3) is 0 Å². The van der Waals surface area contributed by atoms with Crippen LogP contribution in [-0.4, -0.2) is 71.3 Å². The van der Waals surface area contributed by atoms with Gasteiger partial charge in [0.1, 0.15) is 0 Å². The van der Waals surface area contributed by atoms with E-state index in [9.17, 15) is 8.42 Å². The first-order valence-electron chi connectivity index (χ1n) is 8.41. The highest BCUT2D eigenvalue weighted by Crippen LogP contribution is 2.19. The maximum atomic E-state index is 12.6. The SMILES string of the molecule is C[NH+](C)CCCNC(=S)Nc1ccc(S(=O)(=O)N2CCOCC2)cc1. The molecule has 1 aromatic rings. The summed E-state index contributed by atoms with van der Waals surface area (Å²) in [6.45, 7) is 3.54. The van der Waals surface area contributed by atoms with Crippen molar-refractivity contribution in [3.05, 3.63) is 24.3 Å². The van der Waals surface area contributed by atoms with Gasteiger partial charge in [0.05, 0.1) is 38.7 Å². The second-order valence-corrected chi connectivity index (χ2v) is 8.58. The number of quaternary nitrogens is 1. The van der Waals surface area contributed by atoms with Gasteiger partial charge in [0.2, 0.25) is 10.0 Å². The fourth-order valence-electron chi connectivity index (χ4n) is 2.47. The van der Waals surface area contributed by atoms with E-state index in [1.165, 1.54) is 9.21 Å². The van der Waals surface area contributed by atoms with Crippen LogP contribution in [-0.2, 0) is 14.8 Å². The Morgan fingerprint density at radius 2 is 1.88 bits per heavy atom. The minimum Gasteiger partial charge on any atom is -0.379 e. The Morgan fingerprint density at radius 1 is 1.24 bits per heavy atom. The predicted octanol–water partition coefficient (Wildman–Crippen LogP) is -0.471. The highest BCUT2D eigenvalue weighted by molar-refractivity contribution is 7.89. The lowest BCUT2D eigenvalue weighted by Gasteiger charge is -2.26. The lowest BCUT2D eigenvalue weighted by molar-refractivity contribution is -0.858. The highest BCUT2D eigenvalue weighted by Gasteiger charge is 2.26. The number of thiocarbonyl (C=S) groups is 1. The van der Waals surface area contributed by atoms with Gasteiger partial charge in [-0.3, -0.25) is 0 Å². The lowest BCUT2D eigenvalue weighted by Crippen LogP contribution is -3.05. The molecule has 1 heterocycles. The summed E-state index contributed by atoms with van der Waals surface area (Å²) in [6.07, 6.45) is 1.03. The van der Waals surface area contributed by atoms with Crippen LogP contribution in [0.2, 0.25) is 0 Å². The summed E-state index contributed by atoms with van der Waals surface area (Å²) in [6, 6.07) is 6.66. The number of ether oxygens (including phenoxy) is 1. The van der Waals surface area contributed by atoms with Gasteiger partial charge in [0, 0.05) is 31.7 Å². The van der Waals surface area contributed by atoms with Crippen LogP contribution in [0, 0.1) is 0 Å². The molecule has 1 aromatic carbocycles. The van der Waals surface area contributed by atoms with Crippen molar-refractivity contribution >= 4 is 33.0 Å². The fraction of sp³-hybridized carbons (Fsp3) is 0.562. The van der Waals surface area contributed by atoms with Crippen LogP contribution in [0.1, 0.15) is 6.42 Å². The molecule has 0 unspecified atom stereocenters. The summed E-state index contributed by atoms with van der Waals surface area (Å²) in [5.41, 5.74) is 0.761. The molecule has 7 nitrogen and oxygen atoms in total. The average molecular weight is 388 g/mol. The van der Waals surface area contributed by atoms with Crippen LogP contribution in [0.3, 0.4) is 0 Å². The van der Waals surface area contributed by atoms with Crippen molar-refractivity contribution in [3.8, 4) is 0 Å². The van der Waals surface area contributed by atoms with Crippen molar-refractivity contribution in [2.75, 3.05) is 58.8 Å². The molecule has 3 N–H and O–H groups in total. The topological polar surface area (TPSA) is 75.1 Å². The van der Waals surface area contributed by atoms with E-state index in [0.29, 0.717) is 31.4 Å². The van der Waals surface area contributed by atoms with E-state index in [1.54, 1.807) is 24.3 Å². The average Bonchev–Trinajstić information content (AvgIpc) is 2.60. The van der Waals surface area contributed by atoms with Crippen LogP contribution < -0.4 is 15.5 Å². The largest absolute Gasteiger partial charge is 0.379 e. The maximum Gasteiger partial charge on any atom is 0.243 e. The van der Waals surface area contributed by atoms with E-state index in [1.807, 2.05) is 0 Å². The summed E-state index contributed by atoms with van der Waals surface area (Å²) < 4.78 is 31.8. The number of sulfonamides is 1. The number of morpholine rings is 1. The second kappa shape index (κ2) is 9.44. The third-order valence-corrected chi connectivity index (χ3v) is 6.02. The van der Waals surface area contributed by atoms with Crippen molar-refractivity contribution in [1.82, 2.24) is 9.62 Å². The summed E-state index contributed by atoms with van der Waals surface area (Å²) in [5, 5.41) is 6.76. The van der Waals surface area contributed by atoms with E-state index in [2.05, 4.69) is 24.7 Å². The summed E-state index contributed by atoms with van der Waals surface area (Å²) in [5.74, 6) is 0. The Morgan fingerprint density at radius 3 is 2.48 bits per heavy atom. The Hall–Kier alpha value is -1.26. The fourth-order valence-corrected chi connectivity index (χ4v) is 4.09. The Labute approximate surface area is 155 Å². The minimum atomic E-state index is -3.46. The van der Waals surface area contributed by atoms with Gasteiger partial charge in [-0.15, -0.1) is 0 Å². The number of anilines is 1. The van der Waals surface area contributed by atoms with Crippen LogP contribution in [0.4, 0.5) is 5.69 Å². The van der Waals surface area contributed by atoms with Crippen LogP contribution >= 0.6 is 12.2 Å². The molecule has 0 atom stereocenters. The molecule has 0 amide bonds. The normalized spacial score (nSPS) is 16.0. The Kier molecular flexibility index (Phi) is 7.57. The monoisotopic (exact) mass is 387 g/mol. The molecule has 140 valence electrons. The smallest absolute Gasteiger partial charge is 0.243 e. The number of nitrogens with one attached hydrogen (secondary N) is 3. The number of rotatable bonds is 7. The Balaban J connectivity index is 1.87. The van der Waals surface area contributed by atoms with Crippen LogP contribution in [0.15, 0.2) is 29.2 Å². The third kappa shape index (κ3) is 6.19. The van der Waals surface area contributed by atoms with Gasteiger partial charge in [0.15, 0.2) is 5.11 Å². The zero-order valence-electron chi connectivity index (χ0n) is 14.7.